The highest BCUT2D eigenvalue weighted by Crippen LogP contribution is 2.26. The van der Waals surface area contributed by atoms with Gasteiger partial charge >= 0.3 is 0 Å². The fourth-order valence-corrected chi connectivity index (χ4v) is 4.03. The van der Waals surface area contributed by atoms with E-state index >= 15 is 0 Å². The first-order chi connectivity index (χ1) is 14.5. The van der Waals surface area contributed by atoms with Gasteiger partial charge in [0.15, 0.2) is 0 Å². The summed E-state index contributed by atoms with van der Waals surface area (Å²) in [5.74, 6) is 0.310. The van der Waals surface area contributed by atoms with E-state index in [0.29, 0.717) is 17.9 Å². The van der Waals surface area contributed by atoms with Crippen LogP contribution in [-0.2, 0) is 22.6 Å². The molecule has 3 aromatic rings. The fourth-order valence-electron chi connectivity index (χ4n) is 4.03. The second kappa shape index (κ2) is 8.59. The number of anilines is 1. The third-order valence-electron chi connectivity index (χ3n) is 5.50. The number of amides is 2. The molecule has 30 heavy (non-hydrogen) atoms. The van der Waals surface area contributed by atoms with Crippen molar-refractivity contribution in [2.24, 2.45) is 5.73 Å². The van der Waals surface area contributed by atoms with E-state index < -0.39 is 0 Å². The summed E-state index contributed by atoms with van der Waals surface area (Å²) in [6.45, 7) is 1.48. The van der Waals surface area contributed by atoms with Gasteiger partial charge in [0, 0.05) is 29.2 Å². The van der Waals surface area contributed by atoms with Crippen LogP contribution >= 0.6 is 0 Å². The van der Waals surface area contributed by atoms with Crippen LogP contribution in [0.25, 0.3) is 11.0 Å². The number of nitrogens with zero attached hydrogens (tertiary/aromatic N) is 1. The third-order valence-corrected chi connectivity index (χ3v) is 5.50. The van der Waals surface area contributed by atoms with E-state index in [9.17, 15) is 9.59 Å². The number of benzene rings is 2. The van der Waals surface area contributed by atoms with Crippen molar-refractivity contribution in [1.82, 2.24) is 4.90 Å². The molecule has 1 saturated heterocycles. The van der Waals surface area contributed by atoms with E-state index in [-0.39, 0.29) is 24.3 Å². The van der Waals surface area contributed by atoms with Gasteiger partial charge in [-0.1, -0.05) is 12.1 Å². The summed E-state index contributed by atoms with van der Waals surface area (Å²) in [6, 6.07) is 13.0. The van der Waals surface area contributed by atoms with Crippen LogP contribution in [0.1, 0.15) is 24.0 Å². The number of furan rings is 1. The number of rotatable bonds is 7. The Kier molecular flexibility index (Phi) is 5.72. The number of nitrogens with two attached hydrogens (primary N) is 1. The van der Waals surface area contributed by atoms with Gasteiger partial charge in [-0.2, -0.15) is 0 Å². The smallest absolute Gasteiger partial charge is 0.234 e. The maximum absolute atomic E-state index is 12.6. The van der Waals surface area contributed by atoms with Gasteiger partial charge < -0.3 is 20.2 Å². The molecule has 1 aliphatic rings. The summed E-state index contributed by atoms with van der Waals surface area (Å²) in [5.41, 5.74) is 8.77. The van der Waals surface area contributed by atoms with E-state index in [2.05, 4.69) is 10.2 Å². The first-order valence-electron chi connectivity index (χ1n) is 10.00. The molecule has 156 valence electrons. The lowest BCUT2D eigenvalue weighted by molar-refractivity contribution is -0.122. The Bertz CT molecular complexity index is 1080. The molecule has 1 fully saturated rings. The van der Waals surface area contributed by atoms with Crippen LogP contribution in [0.4, 0.5) is 5.69 Å². The number of nitrogens with one attached hydrogen (secondary N) is 1. The number of carbonyl (C=O) groups excluding carboxylic acids is 2. The number of carbonyl (C=O) groups is 2. The van der Waals surface area contributed by atoms with Crippen LogP contribution in [0.3, 0.4) is 0 Å². The zero-order valence-electron chi connectivity index (χ0n) is 16.9. The molecule has 0 bridgehead atoms. The number of primary amides is 1. The highest BCUT2D eigenvalue weighted by Gasteiger charge is 2.28. The van der Waals surface area contributed by atoms with Gasteiger partial charge in [-0.3, -0.25) is 14.5 Å². The Morgan fingerprint density at radius 2 is 2.13 bits per heavy atom. The minimum absolute atomic E-state index is 0.123. The van der Waals surface area contributed by atoms with Gasteiger partial charge in [0.05, 0.1) is 25.8 Å². The Morgan fingerprint density at radius 1 is 1.27 bits per heavy atom. The second-order valence-corrected chi connectivity index (χ2v) is 7.58. The summed E-state index contributed by atoms with van der Waals surface area (Å²) in [7, 11) is 1.60. The summed E-state index contributed by atoms with van der Waals surface area (Å²) in [5, 5.41) is 3.85. The van der Waals surface area contributed by atoms with Crippen LogP contribution in [0.2, 0.25) is 0 Å². The third kappa shape index (κ3) is 4.31. The minimum Gasteiger partial charge on any atom is -0.497 e. The number of fused-ring (bicyclic) bond motifs is 1. The molecule has 0 saturated carbocycles. The number of methoxy groups -OCH3 is 1. The maximum Gasteiger partial charge on any atom is 0.234 e. The summed E-state index contributed by atoms with van der Waals surface area (Å²) in [6.07, 6.45) is 3.59. The Hall–Kier alpha value is -3.32. The zero-order chi connectivity index (χ0) is 21.1. The van der Waals surface area contributed by atoms with Crippen molar-refractivity contribution in [1.29, 1.82) is 0 Å². The standard InChI is InChI=1S/C23H25N3O4/c1-29-18-7-8-19-16(14-30-21(19)12-18)11-22(27)25-17-5-2-4-15(10-17)13-26-9-3-6-20(26)23(24)28/h2,4-5,7-8,10,12,14,20H,3,6,9,11,13H2,1H3,(H2,24,28)(H,25,27). The van der Waals surface area contributed by atoms with E-state index in [1.807, 2.05) is 36.4 Å². The monoisotopic (exact) mass is 407 g/mol. The molecule has 0 aliphatic carbocycles. The highest BCUT2D eigenvalue weighted by atomic mass is 16.5. The van der Waals surface area contributed by atoms with Gasteiger partial charge in [0.2, 0.25) is 11.8 Å². The Labute approximate surface area is 174 Å². The highest BCUT2D eigenvalue weighted by molar-refractivity contribution is 5.95. The van der Waals surface area contributed by atoms with Gasteiger partial charge in [0.1, 0.15) is 11.3 Å². The zero-order valence-corrected chi connectivity index (χ0v) is 16.9. The largest absolute Gasteiger partial charge is 0.497 e. The predicted molar refractivity (Wildman–Crippen MR) is 114 cm³/mol. The van der Waals surface area contributed by atoms with Crippen LogP contribution in [0.5, 0.6) is 5.75 Å². The maximum atomic E-state index is 12.6. The lowest BCUT2D eigenvalue weighted by Crippen LogP contribution is -2.39. The van der Waals surface area contributed by atoms with Crippen molar-refractivity contribution in [3.63, 3.8) is 0 Å². The van der Waals surface area contributed by atoms with Crippen molar-refractivity contribution < 1.29 is 18.7 Å². The molecule has 2 aromatic carbocycles. The number of likely N-dealkylation sites (tertiary alicyclic amines) is 1. The van der Waals surface area contributed by atoms with Crippen molar-refractivity contribution in [3.8, 4) is 5.75 Å². The van der Waals surface area contributed by atoms with Crippen molar-refractivity contribution in [2.45, 2.75) is 31.8 Å². The molecule has 1 unspecified atom stereocenters. The molecule has 1 atom stereocenters. The molecule has 2 amide bonds. The SMILES string of the molecule is COc1ccc2c(CC(=O)Nc3cccc(CN4CCCC4C(N)=O)c3)coc2c1. The average Bonchev–Trinajstić information content (AvgIpc) is 3.35. The average molecular weight is 407 g/mol. The molecule has 1 aliphatic heterocycles. The minimum atomic E-state index is -0.276. The molecular weight excluding hydrogens is 382 g/mol. The topological polar surface area (TPSA) is 97.8 Å². The molecule has 1 aromatic heterocycles. The number of ether oxygens (including phenoxy) is 1. The molecular formula is C23H25N3O4. The first-order valence-corrected chi connectivity index (χ1v) is 10.00. The van der Waals surface area contributed by atoms with E-state index in [1.165, 1.54) is 0 Å². The van der Waals surface area contributed by atoms with Crippen molar-refractivity contribution in [3.05, 3.63) is 59.9 Å². The van der Waals surface area contributed by atoms with E-state index in [0.717, 1.165) is 41.6 Å². The first kappa shape index (κ1) is 20.0. The van der Waals surface area contributed by atoms with E-state index in [4.69, 9.17) is 14.9 Å². The van der Waals surface area contributed by atoms with Crippen LogP contribution < -0.4 is 15.8 Å². The molecule has 3 N–H and O–H groups in total. The van der Waals surface area contributed by atoms with Gasteiger partial charge in [-0.25, -0.2) is 0 Å². The van der Waals surface area contributed by atoms with E-state index in [1.54, 1.807) is 19.4 Å². The molecule has 0 spiro atoms. The number of hydrogen-bond acceptors (Lipinski definition) is 5. The van der Waals surface area contributed by atoms with Crippen LogP contribution in [-0.4, -0.2) is 36.4 Å². The quantitative estimate of drug-likeness (QED) is 0.627. The predicted octanol–water partition coefficient (Wildman–Crippen LogP) is 3.07. The lowest BCUT2D eigenvalue weighted by atomic mass is 10.1. The summed E-state index contributed by atoms with van der Waals surface area (Å²) < 4.78 is 10.8. The molecule has 7 heteroatoms. The van der Waals surface area contributed by atoms with Crippen molar-refractivity contribution in [2.75, 3.05) is 19.0 Å². The van der Waals surface area contributed by atoms with Gasteiger partial charge in [0.25, 0.3) is 0 Å². The molecule has 4 rings (SSSR count). The van der Waals surface area contributed by atoms with Crippen molar-refractivity contribution >= 4 is 28.5 Å². The summed E-state index contributed by atoms with van der Waals surface area (Å²) in [4.78, 5) is 26.3. The normalized spacial score (nSPS) is 16.6. The fraction of sp³-hybridized carbons (Fsp3) is 0.304. The molecule has 0 radical (unpaired) electrons. The summed E-state index contributed by atoms with van der Waals surface area (Å²) >= 11 is 0. The number of hydrogen-bond donors (Lipinski definition) is 2. The van der Waals surface area contributed by atoms with Crippen LogP contribution in [0.15, 0.2) is 53.1 Å². The van der Waals surface area contributed by atoms with Crippen LogP contribution in [0, 0.1) is 0 Å². The lowest BCUT2D eigenvalue weighted by Gasteiger charge is -2.22. The second-order valence-electron chi connectivity index (χ2n) is 7.58. The molecule has 2 heterocycles. The van der Waals surface area contributed by atoms with Gasteiger partial charge in [-0.05, 0) is 49.2 Å². The Morgan fingerprint density at radius 3 is 2.93 bits per heavy atom. The Balaban J connectivity index is 1.41. The molecule has 7 nitrogen and oxygen atoms in total. The van der Waals surface area contributed by atoms with Gasteiger partial charge in [-0.15, -0.1) is 0 Å².